The number of hydrogen-bond acceptors (Lipinski definition) is 3. The highest BCUT2D eigenvalue weighted by atomic mass is 79.9. The third-order valence-corrected chi connectivity index (χ3v) is 2.94. The fourth-order valence-corrected chi connectivity index (χ4v) is 2.08. The van der Waals surface area contributed by atoms with E-state index in [4.69, 9.17) is 4.74 Å². The first-order chi connectivity index (χ1) is 7.74. The van der Waals surface area contributed by atoms with Crippen molar-refractivity contribution in [1.29, 1.82) is 0 Å². The van der Waals surface area contributed by atoms with Crippen LogP contribution < -0.4 is 0 Å². The van der Waals surface area contributed by atoms with E-state index in [1.54, 1.807) is 6.07 Å². The van der Waals surface area contributed by atoms with E-state index >= 15 is 0 Å². The molecule has 0 aliphatic heterocycles. The summed E-state index contributed by atoms with van der Waals surface area (Å²) in [6.07, 6.45) is 1.83. The van der Waals surface area contributed by atoms with Crippen molar-refractivity contribution >= 4 is 28.2 Å². The number of esters is 1. The second-order valence-electron chi connectivity index (χ2n) is 3.27. The van der Waals surface area contributed by atoms with Gasteiger partial charge in [0.15, 0.2) is 0 Å². The predicted molar refractivity (Wildman–Crippen MR) is 64.8 cm³/mol. The Labute approximate surface area is 103 Å². The van der Waals surface area contributed by atoms with Gasteiger partial charge in [0.25, 0.3) is 0 Å². The molecule has 0 fully saturated rings. The molecular weight excluding hydrogens is 272 g/mol. The van der Waals surface area contributed by atoms with Gasteiger partial charge in [0.05, 0.1) is 12.7 Å². The fourth-order valence-electron chi connectivity index (χ4n) is 1.56. The zero-order valence-corrected chi connectivity index (χ0v) is 10.6. The Morgan fingerprint density at radius 2 is 2.25 bits per heavy atom. The summed E-state index contributed by atoms with van der Waals surface area (Å²) in [5.74, 6) is -0.358. The largest absolute Gasteiger partial charge is 0.465 e. The summed E-state index contributed by atoms with van der Waals surface area (Å²) in [7, 11) is 1.35. The quantitative estimate of drug-likeness (QED) is 0.474. The number of carbonyl (C=O) groups excluding carboxylic acids is 2. The fraction of sp³-hybridized carbons (Fsp3) is 0.333. The summed E-state index contributed by atoms with van der Waals surface area (Å²) in [5, 5.41) is 0.659. The number of alkyl halides is 1. The molecule has 0 saturated heterocycles. The SMILES string of the molecule is COC(=O)c1cccc(CBr)c1CCC=O. The molecule has 3 nitrogen and oxygen atoms in total. The molecule has 0 spiro atoms. The predicted octanol–water partition coefficient (Wildman–Crippen LogP) is 2.50. The maximum Gasteiger partial charge on any atom is 0.338 e. The molecule has 0 atom stereocenters. The van der Waals surface area contributed by atoms with Crippen LogP contribution in [0.25, 0.3) is 0 Å². The Bertz CT molecular complexity index is 388. The van der Waals surface area contributed by atoms with Crippen LogP contribution in [0.1, 0.15) is 27.9 Å². The molecular formula is C12H13BrO3. The minimum Gasteiger partial charge on any atom is -0.465 e. The molecule has 1 rings (SSSR count). The molecule has 0 aromatic heterocycles. The summed E-state index contributed by atoms with van der Waals surface area (Å²) in [6, 6.07) is 5.46. The van der Waals surface area contributed by atoms with Crippen molar-refractivity contribution in [3.05, 3.63) is 34.9 Å². The van der Waals surface area contributed by atoms with E-state index in [1.807, 2.05) is 12.1 Å². The number of halogens is 1. The van der Waals surface area contributed by atoms with E-state index in [-0.39, 0.29) is 5.97 Å². The Hall–Kier alpha value is -1.16. The molecule has 0 saturated carbocycles. The molecule has 0 bridgehead atoms. The van der Waals surface area contributed by atoms with Crippen LogP contribution in [0, 0.1) is 0 Å². The van der Waals surface area contributed by atoms with Crippen LogP contribution in [-0.2, 0) is 21.3 Å². The maximum absolute atomic E-state index is 11.5. The monoisotopic (exact) mass is 284 g/mol. The van der Waals surface area contributed by atoms with Crippen molar-refractivity contribution < 1.29 is 14.3 Å². The second-order valence-corrected chi connectivity index (χ2v) is 3.83. The summed E-state index contributed by atoms with van der Waals surface area (Å²) in [5.41, 5.74) is 2.45. The molecule has 4 heteroatoms. The molecule has 0 heterocycles. The standard InChI is InChI=1S/C12H13BrO3/c1-16-12(15)11-5-2-4-9(8-13)10(11)6-3-7-14/h2,4-5,7H,3,6,8H2,1H3. The van der Waals surface area contributed by atoms with Gasteiger partial charge in [0.1, 0.15) is 6.29 Å². The maximum atomic E-state index is 11.5. The first-order valence-electron chi connectivity index (χ1n) is 4.93. The highest BCUT2D eigenvalue weighted by molar-refractivity contribution is 9.08. The lowest BCUT2D eigenvalue weighted by Crippen LogP contribution is -2.08. The van der Waals surface area contributed by atoms with Crippen LogP contribution in [0.3, 0.4) is 0 Å². The van der Waals surface area contributed by atoms with Crippen LogP contribution >= 0.6 is 15.9 Å². The number of aldehydes is 1. The van der Waals surface area contributed by atoms with Crippen molar-refractivity contribution in [2.45, 2.75) is 18.2 Å². The number of rotatable bonds is 5. The van der Waals surface area contributed by atoms with E-state index in [9.17, 15) is 9.59 Å². The lowest BCUT2D eigenvalue weighted by atomic mass is 9.98. The normalized spacial score (nSPS) is 9.88. The average molecular weight is 285 g/mol. The third-order valence-electron chi connectivity index (χ3n) is 2.33. The van der Waals surface area contributed by atoms with Crippen LogP contribution in [-0.4, -0.2) is 19.4 Å². The first-order valence-corrected chi connectivity index (χ1v) is 6.05. The van der Waals surface area contributed by atoms with Gasteiger partial charge in [-0.25, -0.2) is 4.79 Å². The Balaban J connectivity index is 3.14. The van der Waals surface area contributed by atoms with E-state index < -0.39 is 0 Å². The van der Waals surface area contributed by atoms with Gasteiger partial charge in [-0.2, -0.15) is 0 Å². The number of ether oxygens (including phenoxy) is 1. The van der Waals surface area contributed by atoms with Crippen molar-refractivity contribution in [3.8, 4) is 0 Å². The third kappa shape index (κ3) is 2.92. The van der Waals surface area contributed by atoms with Gasteiger partial charge in [-0.1, -0.05) is 28.1 Å². The van der Waals surface area contributed by atoms with Crippen molar-refractivity contribution in [2.24, 2.45) is 0 Å². The number of methoxy groups -OCH3 is 1. The molecule has 0 N–H and O–H groups in total. The smallest absolute Gasteiger partial charge is 0.338 e. The zero-order valence-electron chi connectivity index (χ0n) is 9.03. The van der Waals surface area contributed by atoms with Crippen LogP contribution in [0.2, 0.25) is 0 Å². The van der Waals surface area contributed by atoms with Gasteiger partial charge in [0.2, 0.25) is 0 Å². The molecule has 0 amide bonds. The molecule has 0 unspecified atom stereocenters. The number of hydrogen-bond donors (Lipinski definition) is 0. The van der Waals surface area contributed by atoms with Gasteiger partial charge in [-0.3, -0.25) is 0 Å². The highest BCUT2D eigenvalue weighted by Gasteiger charge is 2.14. The molecule has 16 heavy (non-hydrogen) atoms. The topological polar surface area (TPSA) is 43.4 Å². The zero-order chi connectivity index (χ0) is 12.0. The molecule has 1 aromatic rings. The van der Waals surface area contributed by atoms with E-state index in [0.29, 0.717) is 23.7 Å². The van der Waals surface area contributed by atoms with Crippen molar-refractivity contribution in [3.63, 3.8) is 0 Å². The average Bonchev–Trinajstić information content (AvgIpc) is 2.34. The van der Waals surface area contributed by atoms with Gasteiger partial charge < -0.3 is 9.53 Å². The summed E-state index contributed by atoms with van der Waals surface area (Å²) in [4.78, 5) is 21.9. The van der Waals surface area contributed by atoms with E-state index in [1.165, 1.54) is 7.11 Å². The van der Waals surface area contributed by atoms with E-state index in [0.717, 1.165) is 17.4 Å². The highest BCUT2D eigenvalue weighted by Crippen LogP contribution is 2.20. The van der Waals surface area contributed by atoms with Crippen molar-refractivity contribution in [2.75, 3.05) is 7.11 Å². The molecule has 86 valence electrons. The summed E-state index contributed by atoms with van der Waals surface area (Å²) < 4.78 is 4.71. The lowest BCUT2D eigenvalue weighted by molar-refractivity contribution is -0.107. The molecule has 0 radical (unpaired) electrons. The van der Waals surface area contributed by atoms with Crippen LogP contribution in [0.4, 0.5) is 0 Å². The van der Waals surface area contributed by atoms with Crippen LogP contribution in [0.5, 0.6) is 0 Å². The van der Waals surface area contributed by atoms with Gasteiger partial charge in [-0.15, -0.1) is 0 Å². The van der Waals surface area contributed by atoms with Gasteiger partial charge in [0, 0.05) is 11.8 Å². The second kappa shape index (κ2) is 6.43. The lowest BCUT2D eigenvalue weighted by Gasteiger charge is -2.10. The molecule has 0 aliphatic carbocycles. The van der Waals surface area contributed by atoms with Crippen LogP contribution in [0.15, 0.2) is 18.2 Å². The summed E-state index contributed by atoms with van der Waals surface area (Å²) in [6.45, 7) is 0. The van der Waals surface area contributed by atoms with Gasteiger partial charge in [-0.05, 0) is 23.6 Å². The minimum absolute atomic E-state index is 0.358. The van der Waals surface area contributed by atoms with E-state index in [2.05, 4.69) is 15.9 Å². The van der Waals surface area contributed by atoms with Gasteiger partial charge >= 0.3 is 5.97 Å². The Morgan fingerprint density at radius 3 is 2.81 bits per heavy atom. The Morgan fingerprint density at radius 1 is 1.50 bits per heavy atom. The van der Waals surface area contributed by atoms with Crippen molar-refractivity contribution in [1.82, 2.24) is 0 Å². The summed E-state index contributed by atoms with van der Waals surface area (Å²) >= 11 is 3.37. The first kappa shape index (κ1) is 12.9. The molecule has 0 aliphatic rings. The number of carbonyl (C=O) groups is 2. The Kier molecular flexibility index (Phi) is 5.19. The number of benzene rings is 1. The minimum atomic E-state index is -0.358. The molecule has 1 aromatic carbocycles.